The Morgan fingerprint density at radius 3 is 2.58 bits per heavy atom. The molecule has 6 rings (SSSR count). The zero-order valence-corrected chi connectivity index (χ0v) is 35.7. The predicted octanol–water partition coefficient (Wildman–Crippen LogP) is 6.12. The molecule has 0 saturated carbocycles. The fourth-order valence-electron chi connectivity index (χ4n) is 8.53. The first kappa shape index (κ1) is 43.0. The van der Waals surface area contributed by atoms with E-state index >= 15 is 0 Å². The van der Waals surface area contributed by atoms with Crippen molar-refractivity contribution in [2.24, 2.45) is 11.3 Å². The highest BCUT2D eigenvalue weighted by molar-refractivity contribution is 5.96. The molecule has 0 spiro atoms. The maximum Gasteiger partial charge on any atom is 0.324 e. The number of benzene rings is 2. The number of esters is 1. The van der Waals surface area contributed by atoms with E-state index in [-0.39, 0.29) is 31.0 Å². The van der Waals surface area contributed by atoms with Crippen LogP contribution in [0.3, 0.4) is 0 Å². The summed E-state index contributed by atoms with van der Waals surface area (Å²) in [6.07, 6.45) is 3.11. The molecule has 2 aliphatic heterocycles. The molecule has 2 aromatic heterocycles. The summed E-state index contributed by atoms with van der Waals surface area (Å²) in [5.74, 6) is -1.91. The van der Waals surface area contributed by atoms with Crippen LogP contribution in [0.5, 0.6) is 0 Å². The number of hydrazine groups is 1. The van der Waals surface area contributed by atoms with Crippen molar-refractivity contribution in [3.63, 3.8) is 0 Å². The normalized spacial score (nSPS) is 19.4. The van der Waals surface area contributed by atoms with Gasteiger partial charge in [-0.25, -0.2) is 5.43 Å². The molecule has 59 heavy (non-hydrogen) atoms. The SMILES string of the molecule is CCn1c(-c2cccnc2[C@H](C)OC)c2c3cc(ccc31)-c1cc(C#N)cc(c1)C[C@H](NC(=O)[C@H](C(C)C)N(C)C(C)=O)C(=O)N1CCC[C@H](N1)C(=O)OCC(C)(C)C2. The third-order valence-electron chi connectivity index (χ3n) is 11.6. The third-order valence-corrected chi connectivity index (χ3v) is 11.6. The number of hydrogen-bond acceptors (Lipinski definition) is 9. The number of aromatic nitrogens is 2. The van der Waals surface area contributed by atoms with E-state index in [0.717, 1.165) is 44.5 Å². The van der Waals surface area contributed by atoms with Crippen molar-refractivity contribution in [1.82, 2.24) is 30.2 Å². The van der Waals surface area contributed by atoms with Crippen molar-refractivity contribution in [3.8, 4) is 28.5 Å². The van der Waals surface area contributed by atoms with Crippen molar-refractivity contribution in [3.05, 3.63) is 77.1 Å². The van der Waals surface area contributed by atoms with Crippen molar-refractivity contribution in [2.75, 3.05) is 27.3 Å². The molecule has 13 nitrogen and oxygen atoms in total. The first-order valence-corrected chi connectivity index (χ1v) is 20.5. The highest BCUT2D eigenvalue weighted by Crippen LogP contribution is 2.42. The lowest BCUT2D eigenvalue weighted by Crippen LogP contribution is -2.62. The van der Waals surface area contributed by atoms with E-state index in [4.69, 9.17) is 14.5 Å². The van der Waals surface area contributed by atoms with E-state index in [2.05, 4.69) is 60.3 Å². The van der Waals surface area contributed by atoms with E-state index in [1.54, 1.807) is 26.4 Å². The number of carbonyl (C=O) groups excluding carboxylic acids is 4. The summed E-state index contributed by atoms with van der Waals surface area (Å²) < 4.78 is 14.2. The van der Waals surface area contributed by atoms with Crippen LogP contribution >= 0.6 is 0 Å². The van der Waals surface area contributed by atoms with E-state index < -0.39 is 41.3 Å². The van der Waals surface area contributed by atoms with Gasteiger partial charge in [0.25, 0.3) is 5.91 Å². The second-order valence-electron chi connectivity index (χ2n) is 17.0. The Hall–Kier alpha value is -5.58. The summed E-state index contributed by atoms with van der Waals surface area (Å²) in [6, 6.07) is 15.4. The van der Waals surface area contributed by atoms with Crippen LogP contribution in [-0.4, -0.2) is 88.6 Å². The molecule has 2 aromatic carbocycles. The number of nitrogens with zero attached hydrogens (tertiary/aromatic N) is 5. The number of amides is 3. The van der Waals surface area contributed by atoms with Gasteiger partial charge in [-0.3, -0.25) is 29.2 Å². The zero-order valence-electron chi connectivity index (χ0n) is 35.7. The molecule has 4 aromatic rings. The maximum atomic E-state index is 14.5. The first-order chi connectivity index (χ1) is 28.1. The second-order valence-corrected chi connectivity index (χ2v) is 17.0. The number of cyclic esters (lactones) is 1. The number of hydrogen-bond donors (Lipinski definition) is 2. The molecule has 2 N–H and O–H groups in total. The van der Waals surface area contributed by atoms with Crippen LogP contribution in [0.25, 0.3) is 33.3 Å². The van der Waals surface area contributed by atoms with Gasteiger partial charge in [-0.15, -0.1) is 0 Å². The molecule has 0 radical (unpaired) electrons. The molecule has 3 amide bonds. The van der Waals surface area contributed by atoms with Crippen molar-refractivity contribution < 1.29 is 28.7 Å². The van der Waals surface area contributed by atoms with Crippen LogP contribution in [0.1, 0.15) is 89.8 Å². The van der Waals surface area contributed by atoms with E-state index in [1.807, 2.05) is 45.0 Å². The Labute approximate surface area is 347 Å². The number of rotatable bonds is 8. The van der Waals surface area contributed by atoms with Gasteiger partial charge in [0, 0.05) is 68.7 Å². The van der Waals surface area contributed by atoms with Crippen LogP contribution < -0.4 is 10.7 Å². The lowest BCUT2D eigenvalue weighted by Gasteiger charge is -2.36. The Balaban J connectivity index is 1.55. The Morgan fingerprint density at radius 2 is 1.90 bits per heavy atom. The third kappa shape index (κ3) is 9.04. The number of ether oxygens (including phenoxy) is 2. The van der Waals surface area contributed by atoms with Gasteiger partial charge in [-0.1, -0.05) is 39.8 Å². The molecule has 13 heteroatoms. The average Bonchev–Trinajstić information content (AvgIpc) is 3.52. The van der Waals surface area contributed by atoms with E-state index in [9.17, 15) is 24.4 Å². The molecule has 4 atom stereocenters. The maximum absolute atomic E-state index is 14.5. The smallest absolute Gasteiger partial charge is 0.324 e. The van der Waals surface area contributed by atoms with Crippen LogP contribution in [0, 0.1) is 22.7 Å². The number of carbonyl (C=O) groups is 4. The van der Waals surface area contributed by atoms with Gasteiger partial charge in [0.1, 0.15) is 18.1 Å². The highest BCUT2D eigenvalue weighted by atomic mass is 16.5. The molecular formula is C46H57N7O6. The van der Waals surface area contributed by atoms with Gasteiger partial charge in [0.05, 0.1) is 35.7 Å². The quantitative estimate of drug-likeness (QED) is 0.200. The van der Waals surface area contributed by atoms with Gasteiger partial charge in [-0.05, 0) is 97.7 Å². The molecule has 0 aliphatic carbocycles. The Bertz CT molecular complexity index is 2290. The number of methoxy groups -OCH3 is 1. The fourth-order valence-corrected chi connectivity index (χ4v) is 8.53. The number of likely N-dealkylation sites (N-methyl/N-ethyl adjacent to an activating group) is 1. The minimum absolute atomic E-state index is 0.0501. The topological polar surface area (TPSA) is 159 Å². The summed E-state index contributed by atoms with van der Waals surface area (Å²) in [4.78, 5) is 60.9. The van der Waals surface area contributed by atoms with Crippen molar-refractivity contribution >= 4 is 34.6 Å². The number of fused-ring (bicyclic) bond motifs is 6. The molecule has 2 aliphatic rings. The summed E-state index contributed by atoms with van der Waals surface area (Å²) >= 11 is 0. The predicted molar refractivity (Wildman–Crippen MR) is 225 cm³/mol. The first-order valence-electron chi connectivity index (χ1n) is 20.5. The van der Waals surface area contributed by atoms with Gasteiger partial charge in [0.2, 0.25) is 11.8 Å². The number of aryl methyl sites for hydroxylation is 1. The largest absolute Gasteiger partial charge is 0.464 e. The van der Waals surface area contributed by atoms with Crippen molar-refractivity contribution in [2.45, 2.75) is 105 Å². The van der Waals surface area contributed by atoms with Gasteiger partial charge < -0.3 is 24.3 Å². The van der Waals surface area contributed by atoms with E-state index in [1.165, 1.54) is 16.8 Å². The van der Waals surface area contributed by atoms with Gasteiger partial charge in [0.15, 0.2) is 0 Å². The molecule has 312 valence electrons. The summed E-state index contributed by atoms with van der Waals surface area (Å²) in [7, 11) is 3.24. The molecule has 0 unspecified atom stereocenters. The van der Waals surface area contributed by atoms with Crippen LogP contribution in [0.2, 0.25) is 0 Å². The summed E-state index contributed by atoms with van der Waals surface area (Å²) in [6.45, 7) is 14.5. The number of nitriles is 1. The Morgan fingerprint density at radius 1 is 1.14 bits per heavy atom. The zero-order chi connectivity index (χ0) is 42.8. The van der Waals surface area contributed by atoms with E-state index in [0.29, 0.717) is 43.5 Å². The molecule has 1 fully saturated rings. The van der Waals surface area contributed by atoms with Crippen LogP contribution in [-0.2, 0) is 48.0 Å². The average molecular weight is 804 g/mol. The van der Waals surface area contributed by atoms with Gasteiger partial charge in [-0.2, -0.15) is 5.26 Å². The fraction of sp³-hybridized carbons (Fsp3) is 0.478. The lowest BCUT2D eigenvalue weighted by atomic mass is 9.84. The minimum Gasteiger partial charge on any atom is -0.464 e. The standard InChI is InChI=1S/C46H57N7O6/c1-10-52-39-16-15-32-23-35(39)36(42(52)34-13-11-17-48-40(34)28(4)58-9)24-46(6,7)26-59-45(57)37-14-12-18-53(50-37)44(56)38(22-30-19-31(25-47)21-33(32)20-30)49-43(55)41(27(2)3)51(8)29(5)54/h11,13,15-17,19-21,23,27-28,37-38,41,50H,10,12,14,18,22,24,26H2,1-9H3,(H,49,55)/t28-,37-,38-,41-/m0/s1. The Kier molecular flexibility index (Phi) is 12.9. The van der Waals surface area contributed by atoms with Crippen molar-refractivity contribution in [1.29, 1.82) is 5.26 Å². The van der Waals surface area contributed by atoms with Crippen LogP contribution in [0.15, 0.2) is 54.7 Å². The molecular weight excluding hydrogens is 747 g/mol. The lowest BCUT2D eigenvalue weighted by molar-refractivity contribution is -0.155. The molecule has 4 heterocycles. The van der Waals surface area contributed by atoms with Gasteiger partial charge >= 0.3 is 5.97 Å². The number of pyridine rings is 1. The summed E-state index contributed by atoms with van der Waals surface area (Å²) in [5.41, 5.74) is 10.2. The molecule has 6 bridgehead atoms. The minimum atomic E-state index is -1.09. The monoisotopic (exact) mass is 803 g/mol. The molecule has 1 saturated heterocycles. The summed E-state index contributed by atoms with van der Waals surface area (Å²) in [5, 5.41) is 15.7. The second kappa shape index (κ2) is 17.7. The highest BCUT2D eigenvalue weighted by Gasteiger charge is 2.37. The number of nitrogens with one attached hydrogen (secondary N) is 2. The van der Waals surface area contributed by atoms with Crippen LogP contribution in [0.4, 0.5) is 0 Å².